The Labute approximate surface area is 238 Å². The molecule has 1 saturated heterocycles. The van der Waals surface area contributed by atoms with Gasteiger partial charge in [0.05, 0.1) is 11.2 Å². The number of carbonyl (C=O) groups is 1. The topological polar surface area (TPSA) is 114 Å². The normalized spacial score (nSPS) is 25.7. The molecule has 1 unspecified atom stereocenters. The van der Waals surface area contributed by atoms with Gasteiger partial charge < -0.3 is 21.3 Å². The first-order valence-electron chi connectivity index (χ1n) is 14.9. The van der Waals surface area contributed by atoms with Gasteiger partial charge in [0.1, 0.15) is 5.82 Å². The Bertz CT molecular complexity index is 1240. The average Bonchev–Trinajstić information content (AvgIpc) is 2.86. The van der Waals surface area contributed by atoms with Gasteiger partial charge in [-0.1, -0.05) is 12.1 Å². The van der Waals surface area contributed by atoms with Crippen LogP contribution in [-0.4, -0.2) is 81.1 Å². The van der Waals surface area contributed by atoms with Gasteiger partial charge in [0.15, 0.2) is 0 Å². The Kier molecular flexibility index (Phi) is 7.85. The molecule has 2 saturated carbocycles. The number of nitrogens with zero attached hydrogens (tertiary/aromatic N) is 5. The van der Waals surface area contributed by atoms with Crippen molar-refractivity contribution >= 4 is 11.7 Å². The predicted octanol–water partition coefficient (Wildman–Crippen LogP) is 2.53. The van der Waals surface area contributed by atoms with Gasteiger partial charge in [0, 0.05) is 56.5 Å². The third-order valence-electron chi connectivity index (χ3n) is 9.23. The van der Waals surface area contributed by atoms with Gasteiger partial charge in [-0.25, -0.2) is 4.79 Å². The van der Waals surface area contributed by atoms with Crippen LogP contribution in [0, 0.1) is 5.41 Å². The number of hydrogen-bond donors (Lipinski definition) is 2. The molecule has 3 fully saturated rings. The Morgan fingerprint density at radius 3 is 2.20 bits per heavy atom. The molecule has 1 aromatic carbocycles. The minimum atomic E-state index is -0.882. The Hall–Kier alpha value is -2.75. The number of piperazine rings is 1. The summed E-state index contributed by atoms with van der Waals surface area (Å²) in [6, 6.07) is 12.2. The number of aromatic nitrogens is 2. The van der Waals surface area contributed by atoms with Crippen molar-refractivity contribution in [3.8, 4) is 5.69 Å². The van der Waals surface area contributed by atoms with Crippen LogP contribution in [0.5, 0.6) is 0 Å². The highest BCUT2D eigenvalue weighted by atomic mass is 16.2. The van der Waals surface area contributed by atoms with E-state index in [1.165, 1.54) is 31.2 Å². The van der Waals surface area contributed by atoms with Crippen molar-refractivity contribution in [3.63, 3.8) is 0 Å². The lowest BCUT2D eigenvalue weighted by Crippen LogP contribution is -2.62. The molecule has 218 valence electrons. The molecule has 1 amide bonds. The van der Waals surface area contributed by atoms with E-state index in [4.69, 9.17) is 11.5 Å². The quantitative estimate of drug-likeness (QED) is 0.520. The lowest BCUT2D eigenvalue weighted by molar-refractivity contribution is -0.136. The number of benzene rings is 1. The standard InChI is InChI=1S/C31H47N7O2/c1-21(2)38(26-19-31(20-26)17-24(32)18-31)22(3)16-23-6-8-25(9-7-23)37-11-10-27(34-29(37)40)35-12-14-36(15-13-35)28(39)30(4,5)33/h6-11,21-22,24,26H,12-20,32-33H2,1-5H3. The highest BCUT2D eigenvalue weighted by Gasteiger charge is 2.53. The molecule has 1 aliphatic heterocycles. The zero-order valence-corrected chi connectivity index (χ0v) is 24.8. The SMILES string of the molecule is CC(C)N(C(C)Cc1ccc(-n2ccc(N3CCN(C(=O)C(C)(C)N)CC3)nc2=O)cc1)C1CC2(CC(N)C2)C1. The highest BCUT2D eigenvalue weighted by molar-refractivity contribution is 5.85. The van der Waals surface area contributed by atoms with Crippen molar-refractivity contribution in [3.05, 3.63) is 52.6 Å². The highest BCUT2D eigenvalue weighted by Crippen LogP contribution is 2.57. The largest absolute Gasteiger partial charge is 0.354 e. The van der Waals surface area contributed by atoms with Crippen LogP contribution < -0.4 is 22.1 Å². The smallest absolute Gasteiger partial charge is 0.353 e. The monoisotopic (exact) mass is 549 g/mol. The fourth-order valence-corrected chi connectivity index (χ4v) is 7.38. The lowest BCUT2D eigenvalue weighted by atomic mass is 9.52. The molecule has 4 N–H and O–H groups in total. The third kappa shape index (κ3) is 5.83. The summed E-state index contributed by atoms with van der Waals surface area (Å²) in [5.74, 6) is 0.585. The van der Waals surface area contributed by atoms with Crippen LogP contribution in [0.1, 0.15) is 65.9 Å². The second-order valence-electron chi connectivity index (χ2n) is 13.4. The van der Waals surface area contributed by atoms with Crippen LogP contribution >= 0.6 is 0 Å². The van der Waals surface area contributed by atoms with E-state index in [-0.39, 0.29) is 11.6 Å². The molecular formula is C31H47N7O2. The fourth-order valence-electron chi connectivity index (χ4n) is 7.38. The summed E-state index contributed by atoms with van der Waals surface area (Å²) in [5, 5.41) is 0. The van der Waals surface area contributed by atoms with Crippen LogP contribution in [0.3, 0.4) is 0 Å². The maximum Gasteiger partial charge on any atom is 0.354 e. The van der Waals surface area contributed by atoms with Crippen LogP contribution in [0.15, 0.2) is 41.3 Å². The number of nitrogens with two attached hydrogens (primary N) is 2. The van der Waals surface area contributed by atoms with Crippen LogP contribution in [0.2, 0.25) is 0 Å². The van der Waals surface area contributed by atoms with E-state index in [2.05, 4.69) is 42.8 Å². The molecule has 2 heterocycles. The van der Waals surface area contributed by atoms with Crippen LogP contribution in [0.25, 0.3) is 5.69 Å². The molecule has 0 radical (unpaired) electrons. The number of anilines is 1. The molecule has 2 aliphatic carbocycles. The minimum absolute atomic E-state index is 0.0550. The van der Waals surface area contributed by atoms with E-state index < -0.39 is 5.54 Å². The minimum Gasteiger partial charge on any atom is -0.353 e. The van der Waals surface area contributed by atoms with Gasteiger partial charge in [0.2, 0.25) is 5.91 Å². The number of carbonyl (C=O) groups excluding carboxylic acids is 1. The first kappa shape index (κ1) is 28.8. The Morgan fingerprint density at radius 2 is 1.68 bits per heavy atom. The van der Waals surface area contributed by atoms with Gasteiger partial charge in [0.25, 0.3) is 0 Å². The summed E-state index contributed by atoms with van der Waals surface area (Å²) in [6.45, 7) is 12.8. The molecule has 2 aromatic rings. The van der Waals surface area contributed by atoms with E-state index in [9.17, 15) is 9.59 Å². The zero-order chi connectivity index (χ0) is 28.8. The van der Waals surface area contributed by atoms with E-state index in [0.29, 0.717) is 61.6 Å². The van der Waals surface area contributed by atoms with Crippen molar-refractivity contribution < 1.29 is 4.79 Å². The van der Waals surface area contributed by atoms with Gasteiger partial charge in [-0.15, -0.1) is 0 Å². The molecule has 1 spiro atoms. The molecule has 1 aromatic heterocycles. The molecule has 3 aliphatic rings. The summed E-state index contributed by atoms with van der Waals surface area (Å²) >= 11 is 0. The summed E-state index contributed by atoms with van der Waals surface area (Å²) in [7, 11) is 0. The van der Waals surface area contributed by atoms with Crippen molar-refractivity contribution in [1.29, 1.82) is 0 Å². The summed E-state index contributed by atoms with van der Waals surface area (Å²) in [4.78, 5) is 36.3. The molecule has 0 bridgehead atoms. The number of hydrogen-bond acceptors (Lipinski definition) is 7. The lowest BCUT2D eigenvalue weighted by Gasteiger charge is -2.61. The Balaban J connectivity index is 1.19. The maximum atomic E-state index is 13.0. The summed E-state index contributed by atoms with van der Waals surface area (Å²) in [6.07, 6.45) is 7.74. The number of rotatable bonds is 8. The van der Waals surface area contributed by atoms with E-state index >= 15 is 0 Å². The summed E-state index contributed by atoms with van der Waals surface area (Å²) in [5.41, 5.74) is 13.5. The fraction of sp³-hybridized carbons (Fsp3) is 0.645. The van der Waals surface area contributed by atoms with Gasteiger partial charge in [-0.05, 0) is 95.9 Å². The van der Waals surface area contributed by atoms with E-state index in [0.717, 1.165) is 12.1 Å². The molecule has 9 heteroatoms. The molecule has 40 heavy (non-hydrogen) atoms. The number of amides is 1. The Morgan fingerprint density at radius 1 is 1.05 bits per heavy atom. The second-order valence-corrected chi connectivity index (χ2v) is 13.4. The third-order valence-corrected chi connectivity index (χ3v) is 9.23. The molecule has 5 rings (SSSR count). The van der Waals surface area contributed by atoms with Crippen molar-refractivity contribution in [2.75, 3.05) is 31.1 Å². The average molecular weight is 550 g/mol. The van der Waals surface area contributed by atoms with E-state index in [1.807, 2.05) is 23.1 Å². The van der Waals surface area contributed by atoms with Crippen molar-refractivity contribution in [1.82, 2.24) is 19.4 Å². The van der Waals surface area contributed by atoms with Gasteiger partial charge >= 0.3 is 5.69 Å². The van der Waals surface area contributed by atoms with Crippen LogP contribution in [0.4, 0.5) is 5.82 Å². The molecule has 9 nitrogen and oxygen atoms in total. The van der Waals surface area contributed by atoms with Crippen molar-refractivity contribution in [2.24, 2.45) is 16.9 Å². The molecule has 1 atom stereocenters. The van der Waals surface area contributed by atoms with E-state index in [1.54, 1.807) is 29.5 Å². The zero-order valence-electron chi connectivity index (χ0n) is 24.8. The summed E-state index contributed by atoms with van der Waals surface area (Å²) < 4.78 is 1.59. The first-order chi connectivity index (χ1) is 18.8. The maximum absolute atomic E-state index is 13.0. The second kappa shape index (κ2) is 10.9. The van der Waals surface area contributed by atoms with Crippen molar-refractivity contribution in [2.45, 2.75) is 96.4 Å². The van der Waals surface area contributed by atoms with Crippen LogP contribution in [-0.2, 0) is 11.2 Å². The van der Waals surface area contributed by atoms with Gasteiger partial charge in [-0.2, -0.15) is 4.98 Å². The molecular weight excluding hydrogens is 502 g/mol. The first-order valence-corrected chi connectivity index (χ1v) is 14.9. The predicted molar refractivity (Wildman–Crippen MR) is 160 cm³/mol. The van der Waals surface area contributed by atoms with Gasteiger partial charge in [-0.3, -0.25) is 14.3 Å².